The Kier molecular flexibility index (Phi) is 5.70. The lowest BCUT2D eigenvalue weighted by Crippen LogP contribution is -2.36. The van der Waals surface area contributed by atoms with Gasteiger partial charge in [-0.05, 0) is 66.2 Å². The van der Waals surface area contributed by atoms with Crippen molar-refractivity contribution in [1.82, 2.24) is 4.90 Å². The number of hydrogen-bond acceptors (Lipinski definition) is 6. The number of anilines is 1. The molecule has 0 spiro atoms. The van der Waals surface area contributed by atoms with Gasteiger partial charge in [0.1, 0.15) is 18.0 Å². The monoisotopic (exact) mass is 398 g/mol. The average Bonchev–Trinajstić information content (AvgIpc) is 2.92. The van der Waals surface area contributed by atoms with E-state index in [2.05, 4.69) is 5.32 Å². The molecule has 1 aliphatic rings. The molecule has 1 saturated heterocycles. The summed E-state index contributed by atoms with van der Waals surface area (Å²) in [7, 11) is 1.56. The van der Waals surface area contributed by atoms with Gasteiger partial charge in [0, 0.05) is 5.69 Å². The van der Waals surface area contributed by atoms with Crippen molar-refractivity contribution >= 4 is 40.6 Å². The van der Waals surface area contributed by atoms with E-state index in [1.165, 1.54) is 12.1 Å². The maximum atomic E-state index is 12.5. The fourth-order valence-corrected chi connectivity index (χ4v) is 3.45. The van der Waals surface area contributed by atoms with Crippen molar-refractivity contribution in [3.8, 4) is 11.5 Å². The number of imide groups is 1. The largest absolute Gasteiger partial charge is 0.508 e. The van der Waals surface area contributed by atoms with E-state index in [0.29, 0.717) is 17.0 Å². The summed E-state index contributed by atoms with van der Waals surface area (Å²) in [5.74, 6) is -0.234. The first-order chi connectivity index (χ1) is 13.4. The predicted molar refractivity (Wildman–Crippen MR) is 107 cm³/mol. The number of carbonyl (C=O) groups is 3. The zero-order valence-corrected chi connectivity index (χ0v) is 16.1. The molecule has 0 saturated carbocycles. The van der Waals surface area contributed by atoms with Gasteiger partial charge in [-0.3, -0.25) is 19.3 Å². The van der Waals surface area contributed by atoms with E-state index in [-0.39, 0.29) is 17.2 Å². The second kappa shape index (κ2) is 8.18. The Morgan fingerprint density at radius 3 is 2.57 bits per heavy atom. The van der Waals surface area contributed by atoms with Crippen LogP contribution in [-0.4, -0.2) is 40.7 Å². The number of phenolic OH excluding ortho intramolecular Hbond substituents is 1. The van der Waals surface area contributed by atoms with E-state index in [9.17, 15) is 19.5 Å². The summed E-state index contributed by atoms with van der Waals surface area (Å²) in [6.07, 6.45) is 1.60. The van der Waals surface area contributed by atoms with Crippen molar-refractivity contribution in [1.29, 1.82) is 0 Å². The Morgan fingerprint density at radius 1 is 1.21 bits per heavy atom. The molecule has 0 bridgehead atoms. The van der Waals surface area contributed by atoms with E-state index in [0.717, 1.165) is 22.2 Å². The molecule has 1 aliphatic heterocycles. The second-order valence-corrected chi connectivity index (χ2v) is 7.08. The number of methoxy groups -OCH3 is 1. The van der Waals surface area contributed by atoms with Gasteiger partial charge in [0.05, 0.1) is 12.0 Å². The molecule has 2 N–H and O–H groups in total. The van der Waals surface area contributed by atoms with E-state index >= 15 is 0 Å². The summed E-state index contributed by atoms with van der Waals surface area (Å²) in [5.41, 5.74) is 1.92. The molecule has 2 aromatic carbocycles. The number of thioether (sulfide) groups is 1. The van der Waals surface area contributed by atoms with Crippen LogP contribution in [0.5, 0.6) is 11.5 Å². The van der Waals surface area contributed by atoms with Crippen LogP contribution in [0.25, 0.3) is 6.08 Å². The third kappa shape index (κ3) is 4.34. The number of aryl methyl sites for hydroxylation is 1. The lowest BCUT2D eigenvalue weighted by atomic mass is 10.2. The van der Waals surface area contributed by atoms with Gasteiger partial charge in [0.25, 0.3) is 11.1 Å². The van der Waals surface area contributed by atoms with Crippen LogP contribution < -0.4 is 10.1 Å². The molecule has 7 nitrogen and oxygen atoms in total. The van der Waals surface area contributed by atoms with Crippen LogP contribution in [-0.2, 0) is 9.59 Å². The van der Waals surface area contributed by atoms with Crippen molar-refractivity contribution in [3.05, 3.63) is 58.5 Å². The lowest BCUT2D eigenvalue weighted by molar-refractivity contribution is -0.127. The summed E-state index contributed by atoms with van der Waals surface area (Å²) >= 11 is 0.794. The lowest BCUT2D eigenvalue weighted by Gasteiger charge is -2.13. The topological polar surface area (TPSA) is 95.9 Å². The highest BCUT2D eigenvalue weighted by molar-refractivity contribution is 8.18. The van der Waals surface area contributed by atoms with Gasteiger partial charge in [-0.25, -0.2) is 0 Å². The van der Waals surface area contributed by atoms with Crippen molar-refractivity contribution in [2.75, 3.05) is 19.0 Å². The normalized spacial score (nSPS) is 15.2. The van der Waals surface area contributed by atoms with Crippen LogP contribution in [0.1, 0.15) is 11.1 Å². The Hall–Kier alpha value is -3.26. The average molecular weight is 398 g/mol. The predicted octanol–water partition coefficient (Wildman–Crippen LogP) is 3.38. The number of nitrogens with zero attached hydrogens (tertiary/aromatic N) is 1. The van der Waals surface area contributed by atoms with Crippen LogP contribution in [0.15, 0.2) is 47.4 Å². The van der Waals surface area contributed by atoms with Crippen LogP contribution in [0.4, 0.5) is 10.5 Å². The van der Waals surface area contributed by atoms with Gasteiger partial charge in [-0.1, -0.05) is 12.1 Å². The van der Waals surface area contributed by atoms with Crippen LogP contribution in [0, 0.1) is 6.92 Å². The Morgan fingerprint density at radius 2 is 1.93 bits per heavy atom. The second-order valence-electron chi connectivity index (χ2n) is 6.09. The fourth-order valence-electron chi connectivity index (χ4n) is 2.61. The number of aromatic hydroxyl groups is 1. The van der Waals surface area contributed by atoms with Gasteiger partial charge >= 0.3 is 0 Å². The highest BCUT2D eigenvalue weighted by Crippen LogP contribution is 2.32. The number of benzene rings is 2. The van der Waals surface area contributed by atoms with Crippen LogP contribution in [0.2, 0.25) is 0 Å². The number of amides is 3. The minimum Gasteiger partial charge on any atom is -0.508 e. The standard InChI is InChI=1S/C20H18N2O5S/c1-12-9-14(23)5-8-16(12)21-18(24)11-22-19(25)17(28-20(22)26)10-13-3-6-15(27-2)7-4-13/h3-10,23H,11H2,1-2H3,(H,21,24)/b17-10-. The maximum Gasteiger partial charge on any atom is 0.294 e. The van der Waals surface area contributed by atoms with E-state index in [1.807, 2.05) is 0 Å². The van der Waals surface area contributed by atoms with Crippen LogP contribution in [0.3, 0.4) is 0 Å². The summed E-state index contributed by atoms with van der Waals surface area (Å²) in [5, 5.41) is 11.6. The van der Waals surface area contributed by atoms with Gasteiger partial charge in [0.2, 0.25) is 5.91 Å². The SMILES string of the molecule is COc1ccc(/C=C2\SC(=O)N(CC(=O)Nc3ccc(O)cc3C)C2=O)cc1. The number of carbonyl (C=O) groups excluding carboxylic acids is 3. The molecule has 0 unspecified atom stereocenters. The van der Waals surface area contributed by atoms with E-state index in [1.54, 1.807) is 50.4 Å². The number of nitrogens with one attached hydrogen (secondary N) is 1. The van der Waals surface area contributed by atoms with Gasteiger partial charge < -0.3 is 15.2 Å². The van der Waals surface area contributed by atoms with E-state index < -0.39 is 17.1 Å². The molecule has 28 heavy (non-hydrogen) atoms. The number of ether oxygens (including phenoxy) is 1. The van der Waals surface area contributed by atoms with Gasteiger partial charge in [0.15, 0.2) is 0 Å². The molecule has 144 valence electrons. The molecular formula is C20H18N2O5S. The molecule has 2 aromatic rings. The molecule has 0 aromatic heterocycles. The zero-order valence-electron chi connectivity index (χ0n) is 15.3. The number of rotatable bonds is 5. The minimum atomic E-state index is -0.511. The van der Waals surface area contributed by atoms with Crippen molar-refractivity contribution in [3.63, 3.8) is 0 Å². The molecule has 3 rings (SSSR count). The molecular weight excluding hydrogens is 380 g/mol. The summed E-state index contributed by atoms with van der Waals surface area (Å²) < 4.78 is 5.09. The van der Waals surface area contributed by atoms with Crippen molar-refractivity contribution in [2.24, 2.45) is 0 Å². The maximum absolute atomic E-state index is 12.5. The van der Waals surface area contributed by atoms with E-state index in [4.69, 9.17) is 4.74 Å². The molecule has 8 heteroatoms. The number of hydrogen-bond donors (Lipinski definition) is 2. The minimum absolute atomic E-state index is 0.0881. The first-order valence-electron chi connectivity index (χ1n) is 8.36. The zero-order chi connectivity index (χ0) is 20.3. The van der Waals surface area contributed by atoms with Gasteiger partial charge in [-0.2, -0.15) is 0 Å². The molecule has 1 heterocycles. The Balaban J connectivity index is 1.69. The Bertz CT molecular complexity index is 969. The molecule has 0 atom stereocenters. The molecule has 0 radical (unpaired) electrons. The van der Waals surface area contributed by atoms with Gasteiger partial charge in [-0.15, -0.1) is 0 Å². The van der Waals surface area contributed by atoms with Crippen LogP contribution >= 0.6 is 11.8 Å². The summed E-state index contributed by atoms with van der Waals surface area (Å²) in [4.78, 5) is 38.1. The van der Waals surface area contributed by atoms with Crippen molar-refractivity contribution < 1.29 is 24.2 Å². The summed E-state index contributed by atoms with van der Waals surface area (Å²) in [6.45, 7) is 1.35. The molecule has 1 fully saturated rings. The summed E-state index contributed by atoms with van der Waals surface area (Å²) in [6, 6.07) is 11.6. The highest BCUT2D eigenvalue weighted by atomic mass is 32.2. The first kappa shape index (κ1) is 19.5. The third-order valence-corrected chi connectivity index (χ3v) is 4.98. The quantitative estimate of drug-likeness (QED) is 0.592. The molecule has 0 aliphatic carbocycles. The third-order valence-electron chi connectivity index (χ3n) is 4.07. The number of phenols is 1. The molecule has 3 amide bonds. The first-order valence-corrected chi connectivity index (χ1v) is 9.18. The Labute approximate surface area is 166 Å². The fraction of sp³-hybridized carbons (Fsp3) is 0.150. The highest BCUT2D eigenvalue weighted by Gasteiger charge is 2.36. The smallest absolute Gasteiger partial charge is 0.294 e. The van der Waals surface area contributed by atoms with Crippen molar-refractivity contribution in [2.45, 2.75) is 6.92 Å².